The average Bonchev–Trinajstić information content (AvgIpc) is 3.04. The van der Waals surface area contributed by atoms with Crippen molar-refractivity contribution in [2.24, 2.45) is 10.9 Å². The van der Waals surface area contributed by atoms with E-state index in [0.717, 1.165) is 10.5 Å². The van der Waals surface area contributed by atoms with E-state index >= 15 is 0 Å². The molecule has 4 N–H and O–H groups in total. The van der Waals surface area contributed by atoms with Gasteiger partial charge in [0.2, 0.25) is 5.91 Å². The van der Waals surface area contributed by atoms with Gasteiger partial charge in [0.05, 0.1) is 25.3 Å². The summed E-state index contributed by atoms with van der Waals surface area (Å²) in [5.74, 6) is 3.54. The van der Waals surface area contributed by atoms with Gasteiger partial charge in [-0.3, -0.25) is 19.3 Å². The summed E-state index contributed by atoms with van der Waals surface area (Å²) >= 11 is 0. The van der Waals surface area contributed by atoms with Gasteiger partial charge >= 0.3 is 12.0 Å². The Morgan fingerprint density at radius 3 is 2.47 bits per heavy atom. The molecular formula is C24H27N5O5. The van der Waals surface area contributed by atoms with E-state index in [1.807, 2.05) is 6.07 Å². The van der Waals surface area contributed by atoms with Crippen LogP contribution in [0.4, 0.5) is 4.79 Å². The zero-order chi connectivity index (χ0) is 24.7. The van der Waals surface area contributed by atoms with Crippen LogP contribution in [-0.4, -0.2) is 48.1 Å². The number of hydrogen-bond acceptors (Lipinski definition) is 7. The molecule has 0 unspecified atom stereocenters. The van der Waals surface area contributed by atoms with Gasteiger partial charge < -0.3 is 21.2 Å². The van der Waals surface area contributed by atoms with Gasteiger partial charge in [-0.2, -0.15) is 5.10 Å². The lowest BCUT2D eigenvalue weighted by Gasteiger charge is -2.23. The number of rotatable bonds is 9. The second-order valence-corrected chi connectivity index (χ2v) is 7.89. The Bertz CT molecular complexity index is 1090. The molecule has 2 aromatic carbocycles. The molecule has 1 heterocycles. The summed E-state index contributed by atoms with van der Waals surface area (Å²) in [5, 5.41) is 8.85. The molecule has 2 atom stereocenters. The Balaban J connectivity index is 1.73. The lowest BCUT2D eigenvalue weighted by molar-refractivity contribution is -0.144. The highest BCUT2D eigenvalue weighted by atomic mass is 16.5. The third kappa shape index (κ3) is 5.40. The highest BCUT2D eigenvalue weighted by molar-refractivity contribution is 6.09. The van der Waals surface area contributed by atoms with Crippen LogP contribution in [0, 0.1) is 0 Å². The van der Waals surface area contributed by atoms with Crippen LogP contribution in [0.2, 0.25) is 0 Å². The van der Waals surface area contributed by atoms with Gasteiger partial charge in [0.15, 0.2) is 0 Å². The van der Waals surface area contributed by atoms with Crippen LogP contribution in [0.25, 0.3) is 0 Å². The Morgan fingerprint density at radius 1 is 1.18 bits per heavy atom. The van der Waals surface area contributed by atoms with Crippen LogP contribution in [0.15, 0.2) is 59.7 Å². The van der Waals surface area contributed by atoms with E-state index in [0.29, 0.717) is 11.1 Å². The van der Waals surface area contributed by atoms with E-state index < -0.39 is 41.9 Å². The molecule has 1 fully saturated rings. The molecule has 34 heavy (non-hydrogen) atoms. The first-order chi connectivity index (χ1) is 16.3. The van der Waals surface area contributed by atoms with Crippen LogP contribution < -0.4 is 16.5 Å². The summed E-state index contributed by atoms with van der Waals surface area (Å²) in [6.07, 6.45) is 1.37. The fourth-order valence-electron chi connectivity index (χ4n) is 3.73. The molecule has 0 aromatic heterocycles. The Hall–Kier alpha value is -4.21. The Morgan fingerprint density at radius 2 is 1.85 bits per heavy atom. The van der Waals surface area contributed by atoms with E-state index in [4.69, 9.17) is 10.6 Å². The van der Waals surface area contributed by atoms with Crippen molar-refractivity contribution in [1.29, 1.82) is 0 Å². The monoisotopic (exact) mass is 465 g/mol. The summed E-state index contributed by atoms with van der Waals surface area (Å²) in [6.45, 7) is 2.99. The third-order valence-corrected chi connectivity index (χ3v) is 5.50. The van der Waals surface area contributed by atoms with Crippen molar-refractivity contribution in [3.63, 3.8) is 0 Å². The Labute approximate surface area is 197 Å². The van der Waals surface area contributed by atoms with Gasteiger partial charge in [-0.05, 0) is 30.5 Å². The van der Waals surface area contributed by atoms with Gasteiger partial charge in [0, 0.05) is 0 Å². The second kappa shape index (κ2) is 10.6. The van der Waals surface area contributed by atoms with Crippen molar-refractivity contribution in [3.05, 3.63) is 71.3 Å². The highest BCUT2D eigenvalue weighted by Crippen LogP contribution is 2.29. The van der Waals surface area contributed by atoms with Crippen molar-refractivity contribution in [3.8, 4) is 0 Å². The predicted molar refractivity (Wildman–Crippen MR) is 124 cm³/mol. The molecular weight excluding hydrogens is 438 g/mol. The molecule has 0 radical (unpaired) electrons. The number of urea groups is 1. The maximum atomic E-state index is 13.1. The smallest absolute Gasteiger partial charge is 0.325 e. The van der Waals surface area contributed by atoms with Crippen molar-refractivity contribution < 1.29 is 23.9 Å². The van der Waals surface area contributed by atoms with E-state index in [9.17, 15) is 19.2 Å². The van der Waals surface area contributed by atoms with Crippen LogP contribution >= 0.6 is 0 Å². The summed E-state index contributed by atoms with van der Waals surface area (Å²) < 4.78 is 5.01. The zero-order valence-corrected chi connectivity index (χ0v) is 19.0. The molecule has 0 aliphatic carbocycles. The van der Waals surface area contributed by atoms with Gasteiger partial charge in [-0.1, -0.05) is 54.6 Å². The molecule has 10 heteroatoms. The molecule has 3 rings (SSSR count). The van der Waals surface area contributed by atoms with Gasteiger partial charge in [-0.15, -0.1) is 0 Å². The summed E-state index contributed by atoms with van der Waals surface area (Å²) in [7, 11) is 0. The average molecular weight is 466 g/mol. The molecule has 2 aromatic rings. The lowest BCUT2D eigenvalue weighted by Crippen LogP contribution is -2.44. The second-order valence-electron chi connectivity index (χ2n) is 7.89. The quantitative estimate of drug-likeness (QED) is 0.169. The first-order valence-electron chi connectivity index (χ1n) is 10.8. The number of esters is 1. The van der Waals surface area contributed by atoms with E-state index in [2.05, 4.69) is 15.7 Å². The molecule has 0 spiro atoms. The first kappa shape index (κ1) is 24.4. The molecule has 0 saturated carbocycles. The van der Waals surface area contributed by atoms with Gasteiger partial charge in [-0.25, -0.2) is 4.79 Å². The Kier molecular flexibility index (Phi) is 7.62. The number of imide groups is 1. The fourth-order valence-corrected chi connectivity index (χ4v) is 3.73. The fraction of sp³-hybridized carbons (Fsp3) is 0.292. The van der Waals surface area contributed by atoms with E-state index in [1.165, 1.54) is 6.21 Å². The molecule has 1 saturated heterocycles. The van der Waals surface area contributed by atoms with Crippen LogP contribution in [0.1, 0.15) is 43.0 Å². The summed E-state index contributed by atoms with van der Waals surface area (Å²) in [4.78, 5) is 51.5. The van der Waals surface area contributed by atoms with Gasteiger partial charge in [0.25, 0.3) is 5.91 Å². The number of hydrogen-bond donors (Lipinski definition) is 3. The maximum absolute atomic E-state index is 13.1. The highest BCUT2D eigenvalue weighted by Gasteiger charge is 2.49. The minimum Gasteiger partial charge on any atom is -0.466 e. The van der Waals surface area contributed by atoms with Gasteiger partial charge in [0.1, 0.15) is 12.1 Å². The number of ether oxygens (including phenoxy) is 1. The SMILES string of the molecule is CCOC(=O)C[C@@H](NC(=O)CN1C(=O)N[C@@](C)(c2ccc(C=NN)cc2)C1=O)c1ccccc1. The minimum atomic E-state index is -1.33. The molecule has 0 bridgehead atoms. The molecule has 4 amide bonds. The van der Waals surface area contributed by atoms with Crippen LogP contribution in [0.5, 0.6) is 0 Å². The van der Waals surface area contributed by atoms with Crippen LogP contribution in [0.3, 0.4) is 0 Å². The lowest BCUT2D eigenvalue weighted by atomic mass is 9.91. The number of carbonyl (C=O) groups excluding carboxylic acids is 4. The normalized spacial score (nSPS) is 18.6. The third-order valence-electron chi connectivity index (χ3n) is 5.50. The van der Waals surface area contributed by atoms with E-state index in [-0.39, 0.29) is 13.0 Å². The summed E-state index contributed by atoms with van der Waals surface area (Å²) in [5.41, 5.74) is 0.648. The molecule has 10 nitrogen and oxygen atoms in total. The number of amides is 4. The van der Waals surface area contributed by atoms with Crippen LogP contribution in [-0.2, 0) is 24.7 Å². The number of benzene rings is 2. The maximum Gasteiger partial charge on any atom is 0.325 e. The number of nitrogens with zero attached hydrogens (tertiary/aromatic N) is 2. The topological polar surface area (TPSA) is 143 Å². The number of nitrogens with two attached hydrogens (primary N) is 1. The minimum absolute atomic E-state index is 0.0834. The van der Waals surface area contributed by atoms with Crippen molar-refractivity contribution >= 4 is 30.0 Å². The summed E-state index contributed by atoms with van der Waals surface area (Å²) in [6, 6.07) is 14.4. The number of hydrazone groups is 1. The molecule has 1 aliphatic heterocycles. The van der Waals surface area contributed by atoms with Crippen molar-refractivity contribution in [2.75, 3.05) is 13.2 Å². The van der Waals surface area contributed by atoms with E-state index in [1.54, 1.807) is 62.4 Å². The first-order valence-corrected chi connectivity index (χ1v) is 10.8. The predicted octanol–water partition coefficient (Wildman–Crippen LogP) is 1.56. The number of carbonyl (C=O) groups is 4. The van der Waals surface area contributed by atoms with Crippen molar-refractivity contribution in [2.45, 2.75) is 31.8 Å². The molecule has 1 aliphatic rings. The standard InChI is InChI=1S/C24H27N5O5/c1-3-34-21(31)13-19(17-7-5-4-6-8-17)27-20(30)15-29-22(32)24(2,28-23(29)33)18-11-9-16(10-12-18)14-26-25/h4-12,14,19H,3,13,15,25H2,1-2H3,(H,27,30)(H,28,33)/t19-,24+/m1/s1. The molecule has 178 valence electrons. The largest absolute Gasteiger partial charge is 0.466 e. The number of nitrogens with one attached hydrogen (secondary N) is 2. The van der Waals surface area contributed by atoms with Crippen molar-refractivity contribution in [1.82, 2.24) is 15.5 Å². The zero-order valence-electron chi connectivity index (χ0n) is 19.0.